The maximum atomic E-state index is 13.6. The molecule has 1 aromatic carbocycles. The number of para-hydroxylation sites is 1. The van der Waals surface area contributed by atoms with Crippen molar-refractivity contribution in [2.24, 2.45) is 5.11 Å². The number of anilines is 3. The van der Waals surface area contributed by atoms with Gasteiger partial charge in [-0.25, -0.2) is 4.98 Å². The highest BCUT2D eigenvalue weighted by Crippen LogP contribution is 2.36. The van der Waals surface area contributed by atoms with E-state index in [-0.39, 0.29) is 18.4 Å². The van der Waals surface area contributed by atoms with Crippen molar-refractivity contribution in [2.45, 2.75) is 0 Å². The highest BCUT2D eigenvalue weighted by Gasteiger charge is 2.31. The summed E-state index contributed by atoms with van der Waals surface area (Å²) in [4.78, 5) is 39.6. The zero-order valence-electron chi connectivity index (χ0n) is 27.4. The van der Waals surface area contributed by atoms with Gasteiger partial charge in [0.2, 0.25) is 5.91 Å². The average Bonchev–Trinajstić information content (AvgIpc) is 3.23. The van der Waals surface area contributed by atoms with Crippen molar-refractivity contribution in [3.05, 3.63) is 58.6 Å². The van der Waals surface area contributed by atoms with Gasteiger partial charge in [-0.15, -0.1) is 0 Å². The normalized spacial score (nSPS) is 14.9. The van der Waals surface area contributed by atoms with Crippen molar-refractivity contribution in [1.29, 1.82) is 0 Å². The van der Waals surface area contributed by atoms with E-state index in [1.807, 2.05) is 6.07 Å². The monoisotopic (exact) mass is 670 g/mol. The first-order valence-electron chi connectivity index (χ1n) is 16.3. The quantitative estimate of drug-likeness (QED) is 0.0796. The van der Waals surface area contributed by atoms with E-state index in [1.165, 1.54) is 0 Å². The predicted molar refractivity (Wildman–Crippen MR) is 178 cm³/mol. The zero-order chi connectivity index (χ0) is 33.7. The number of benzene rings is 1. The van der Waals surface area contributed by atoms with Crippen molar-refractivity contribution in [3.8, 4) is 0 Å². The van der Waals surface area contributed by atoms with Gasteiger partial charge >= 0.3 is 0 Å². The molecule has 4 rings (SSSR count). The minimum Gasteiger partial charge on any atom is -0.379 e. The number of nitrogens with one attached hydrogen (secondary N) is 1. The summed E-state index contributed by atoms with van der Waals surface area (Å²) < 4.78 is 32.9. The van der Waals surface area contributed by atoms with Crippen LogP contribution in [0.5, 0.6) is 0 Å². The number of hydrogen-bond donors (Lipinski definition) is 1. The molecule has 0 unspecified atom stereocenters. The fourth-order valence-electron chi connectivity index (χ4n) is 5.07. The number of azide groups is 1. The van der Waals surface area contributed by atoms with Crippen molar-refractivity contribution in [1.82, 2.24) is 14.8 Å². The van der Waals surface area contributed by atoms with Gasteiger partial charge < -0.3 is 33.7 Å². The number of hydrogen-bond acceptors (Lipinski definition) is 12. The lowest BCUT2D eigenvalue weighted by molar-refractivity contribution is -0.119. The second kappa shape index (κ2) is 22.0. The number of piperazine rings is 1. The number of carbonyl (C=O) groups excluding carboxylic acids is 2. The number of ether oxygens (including phenoxy) is 6. The van der Waals surface area contributed by atoms with Crippen molar-refractivity contribution in [3.63, 3.8) is 0 Å². The maximum Gasteiger partial charge on any atom is 0.257 e. The Bertz CT molecular complexity index is 1310. The summed E-state index contributed by atoms with van der Waals surface area (Å²) >= 11 is 0. The molecule has 1 fully saturated rings. The Kier molecular flexibility index (Phi) is 17.0. The Morgan fingerprint density at radius 3 is 1.96 bits per heavy atom. The third kappa shape index (κ3) is 12.7. The molecular weight excluding hydrogens is 624 g/mol. The molecule has 1 N–H and O–H groups in total. The molecule has 0 bridgehead atoms. The third-order valence-corrected chi connectivity index (χ3v) is 7.52. The molecule has 16 heteroatoms. The number of pyridine rings is 1. The van der Waals surface area contributed by atoms with Gasteiger partial charge in [0.1, 0.15) is 0 Å². The van der Waals surface area contributed by atoms with E-state index in [2.05, 4.69) is 30.1 Å². The lowest BCUT2D eigenvalue weighted by Crippen LogP contribution is -2.50. The number of nitrogens with zero attached hydrogens (tertiary/aromatic N) is 7. The first-order chi connectivity index (χ1) is 23.7. The minimum atomic E-state index is -0.260. The van der Waals surface area contributed by atoms with Gasteiger partial charge in [-0.05, 0) is 29.8 Å². The zero-order valence-corrected chi connectivity index (χ0v) is 27.4. The Morgan fingerprint density at radius 2 is 1.33 bits per heavy atom. The summed E-state index contributed by atoms with van der Waals surface area (Å²) in [5.74, 6) is 0.0385. The van der Waals surface area contributed by atoms with Crippen LogP contribution in [-0.4, -0.2) is 152 Å². The van der Waals surface area contributed by atoms with Gasteiger partial charge in [0, 0.05) is 50.4 Å². The lowest BCUT2D eigenvalue weighted by Gasteiger charge is -2.35. The van der Waals surface area contributed by atoms with Crippen LogP contribution in [0.2, 0.25) is 0 Å². The standard InChI is InChI=1S/C32H46N8O8/c33-37-35-8-14-43-16-18-45-20-22-47-24-25-48-23-21-46-19-17-44-15-13-38-9-11-39(12-10-38)26-30(41)40-29-6-2-1-4-27(29)32(42)36-28-5-3-7-34-31(28)40/h1-7H,8-26H2,(H,36,42). The molecule has 1 saturated heterocycles. The number of rotatable bonds is 23. The first-order valence-corrected chi connectivity index (χ1v) is 16.3. The highest BCUT2D eigenvalue weighted by molar-refractivity contribution is 6.17. The summed E-state index contributed by atoms with van der Waals surface area (Å²) in [5, 5.41) is 6.26. The summed E-state index contributed by atoms with van der Waals surface area (Å²) in [6.07, 6.45) is 1.62. The molecule has 3 heterocycles. The lowest BCUT2D eigenvalue weighted by atomic mass is 10.1. The molecule has 0 saturated carbocycles. The van der Waals surface area contributed by atoms with Crippen LogP contribution < -0.4 is 10.2 Å². The van der Waals surface area contributed by atoms with Crippen molar-refractivity contribution < 1.29 is 38.0 Å². The van der Waals surface area contributed by atoms with Gasteiger partial charge in [0.15, 0.2) is 5.82 Å². The van der Waals surface area contributed by atoms with Crippen molar-refractivity contribution >= 4 is 29.0 Å². The van der Waals surface area contributed by atoms with Crippen LogP contribution in [0, 0.1) is 0 Å². The third-order valence-electron chi connectivity index (χ3n) is 7.52. The molecule has 1 aromatic heterocycles. The Hall–Kier alpha value is -3.70. The van der Waals surface area contributed by atoms with Crippen LogP contribution in [-0.2, 0) is 33.2 Å². The number of carbonyl (C=O) groups is 2. The van der Waals surface area contributed by atoms with Crippen LogP contribution >= 0.6 is 0 Å². The van der Waals surface area contributed by atoms with E-state index in [0.29, 0.717) is 109 Å². The van der Waals surface area contributed by atoms with E-state index in [4.69, 9.17) is 34.0 Å². The van der Waals surface area contributed by atoms with Crippen molar-refractivity contribution in [2.75, 3.05) is 135 Å². The molecule has 16 nitrogen and oxygen atoms in total. The Balaban J connectivity index is 0.977. The minimum absolute atomic E-state index is 0.129. The number of fused-ring (bicyclic) bond motifs is 2. The maximum absolute atomic E-state index is 13.6. The molecule has 2 amide bonds. The van der Waals surface area contributed by atoms with Gasteiger partial charge in [-0.3, -0.25) is 24.3 Å². The Morgan fingerprint density at radius 1 is 0.771 bits per heavy atom. The summed E-state index contributed by atoms with van der Waals surface area (Å²) in [5.41, 5.74) is 9.65. The molecule has 0 spiro atoms. The topological polar surface area (TPSA) is 173 Å². The molecule has 262 valence electrons. The van der Waals surface area contributed by atoms with E-state index in [1.54, 1.807) is 41.4 Å². The van der Waals surface area contributed by atoms with Gasteiger partial charge in [-0.1, -0.05) is 17.2 Å². The molecule has 0 radical (unpaired) electrons. The second-order valence-electron chi connectivity index (χ2n) is 10.8. The molecule has 2 aromatic rings. The van der Waals surface area contributed by atoms with Crippen LogP contribution in [0.3, 0.4) is 0 Å². The van der Waals surface area contributed by atoms with Crippen LogP contribution in [0.15, 0.2) is 47.7 Å². The largest absolute Gasteiger partial charge is 0.379 e. The van der Waals surface area contributed by atoms with Gasteiger partial charge in [0.05, 0.1) is 103 Å². The molecular formula is C32H46N8O8. The number of aromatic nitrogens is 1. The molecule has 0 aliphatic carbocycles. The van der Waals surface area contributed by atoms with Gasteiger partial charge in [-0.2, -0.15) is 0 Å². The fourth-order valence-corrected chi connectivity index (χ4v) is 5.07. The van der Waals surface area contributed by atoms with Crippen LogP contribution in [0.4, 0.5) is 17.2 Å². The summed E-state index contributed by atoms with van der Waals surface area (Å²) in [6.45, 7) is 10.4. The molecule has 48 heavy (non-hydrogen) atoms. The smallest absolute Gasteiger partial charge is 0.257 e. The fraction of sp³-hybridized carbons (Fsp3) is 0.594. The van der Waals surface area contributed by atoms with Gasteiger partial charge in [0.25, 0.3) is 5.91 Å². The Labute approximate surface area is 280 Å². The van der Waals surface area contributed by atoms with E-state index in [9.17, 15) is 9.59 Å². The molecule has 2 aliphatic rings. The highest BCUT2D eigenvalue weighted by atomic mass is 16.6. The average molecular weight is 671 g/mol. The van der Waals surface area contributed by atoms with Crippen LogP contribution in [0.1, 0.15) is 10.4 Å². The molecule has 2 aliphatic heterocycles. The van der Waals surface area contributed by atoms with Crippen LogP contribution in [0.25, 0.3) is 10.4 Å². The molecule has 0 atom stereocenters. The second-order valence-corrected chi connectivity index (χ2v) is 10.8. The first kappa shape index (κ1) is 37.1. The van der Waals surface area contributed by atoms with E-state index < -0.39 is 0 Å². The predicted octanol–water partition coefficient (Wildman–Crippen LogP) is 2.34. The SMILES string of the molecule is [N-]=[N+]=NCCOCCOCCOCCOCCOCCOCCN1CCN(CC(=O)N2c3ccccc3C(=O)Nc3cccnc32)CC1. The summed E-state index contributed by atoms with van der Waals surface area (Å²) in [6, 6.07) is 10.6. The number of amides is 2. The van der Waals surface area contributed by atoms with E-state index in [0.717, 1.165) is 32.7 Å². The summed E-state index contributed by atoms with van der Waals surface area (Å²) in [7, 11) is 0. The van der Waals surface area contributed by atoms with E-state index >= 15 is 0 Å².